The molecule has 0 fully saturated rings. The Balaban J connectivity index is 1.62. The minimum Gasteiger partial charge on any atom is -0.497 e. The van der Waals surface area contributed by atoms with E-state index in [-0.39, 0.29) is 11.4 Å². The van der Waals surface area contributed by atoms with E-state index in [1.807, 2.05) is 48.5 Å². The number of nitrogens with two attached hydrogens (primary N) is 2. The number of rotatable bonds is 11. The van der Waals surface area contributed by atoms with E-state index < -0.39 is 12.0 Å². The minimum absolute atomic E-state index is 0.257. The van der Waals surface area contributed by atoms with Gasteiger partial charge in [-0.25, -0.2) is 4.98 Å². The van der Waals surface area contributed by atoms with Crippen molar-refractivity contribution in [1.82, 2.24) is 10.3 Å². The van der Waals surface area contributed by atoms with Crippen LogP contribution in [-0.4, -0.2) is 35.2 Å². The quantitative estimate of drug-likeness (QED) is 0.347. The number of amides is 1. The largest absolute Gasteiger partial charge is 0.497 e. The second-order valence-corrected chi connectivity index (χ2v) is 9.23. The summed E-state index contributed by atoms with van der Waals surface area (Å²) in [5.74, 6) is 0.401. The second kappa shape index (κ2) is 11.1. The highest BCUT2D eigenvalue weighted by Crippen LogP contribution is 2.25. The lowest BCUT2D eigenvalue weighted by atomic mass is 9.89. The topological polar surface area (TPSA) is 123 Å². The fourth-order valence-corrected chi connectivity index (χ4v) is 3.96. The lowest BCUT2D eigenvalue weighted by Crippen LogP contribution is -2.43. The van der Waals surface area contributed by atoms with Crippen LogP contribution in [0.15, 0.2) is 66.9 Å². The molecule has 1 unspecified atom stereocenters. The number of aliphatic hydroxyl groups is 1. The lowest BCUT2D eigenvalue weighted by molar-refractivity contribution is -0.119. The van der Waals surface area contributed by atoms with Crippen molar-refractivity contribution in [3.63, 3.8) is 0 Å². The van der Waals surface area contributed by atoms with Crippen LogP contribution in [0.4, 0.5) is 5.82 Å². The molecule has 0 saturated heterocycles. The summed E-state index contributed by atoms with van der Waals surface area (Å²) in [6.45, 7) is 4.56. The van der Waals surface area contributed by atoms with Crippen LogP contribution in [0.5, 0.6) is 5.75 Å². The number of ether oxygens (including phenoxy) is 1. The number of β-amino-alcohol motifs (C(OH)–C–C–N with tert-alkyl or cyclic N) is 1. The summed E-state index contributed by atoms with van der Waals surface area (Å²) in [5.41, 5.74) is 14.8. The number of aliphatic hydroxyl groups excluding tert-OH is 1. The van der Waals surface area contributed by atoms with Gasteiger partial charge in [0.25, 0.3) is 0 Å². The number of aromatic nitrogens is 1. The maximum atomic E-state index is 12.2. The van der Waals surface area contributed by atoms with Crippen molar-refractivity contribution in [2.24, 2.45) is 5.73 Å². The number of carbonyl (C=O) groups is 1. The molecule has 1 aromatic heterocycles. The van der Waals surface area contributed by atoms with Crippen LogP contribution >= 0.6 is 0 Å². The fourth-order valence-electron chi connectivity index (χ4n) is 3.96. The number of primary amides is 1. The van der Waals surface area contributed by atoms with Gasteiger partial charge in [0.1, 0.15) is 11.6 Å². The zero-order valence-electron chi connectivity index (χ0n) is 20.0. The molecule has 0 saturated carbocycles. The highest BCUT2D eigenvalue weighted by atomic mass is 16.5. The van der Waals surface area contributed by atoms with Gasteiger partial charge in [0.05, 0.1) is 19.1 Å². The van der Waals surface area contributed by atoms with Crippen LogP contribution < -0.4 is 21.5 Å². The molecule has 180 valence electrons. The highest BCUT2D eigenvalue weighted by molar-refractivity contribution is 5.82. The molecule has 34 heavy (non-hydrogen) atoms. The molecule has 1 heterocycles. The molecular formula is C27H34N4O3. The van der Waals surface area contributed by atoms with Crippen molar-refractivity contribution in [3.05, 3.63) is 89.1 Å². The summed E-state index contributed by atoms with van der Waals surface area (Å²) in [6, 6.07) is 19.1. The molecule has 3 rings (SSSR count). The lowest BCUT2D eigenvalue weighted by Gasteiger charge is -2.28. The highest BCUT2D eigenvalue weighted by Gasteiger charge is 2.22. The summed E-state index contributed by atoms with van der Waals surface area (Å²) in [7, 11) is 1.62. The fraction of sp³-hybridized carbons (Fsp3) is 0.333. The minimum atomic E-state index is -0.678. The Morgan fingerprint density at radius 1 is 1.09 bits per heavy atom. The number of nitrogens with zero attached hydrogens (tertiary/aromatic N) is 1. The van der Waals surface area contributed by atoms with Crippen molar-refractivity contribution in [1.29, 1.82) is 0 Å². The molecule has 1 amide bonds. The van der Waals surface area contributed by atoms with Gasteiger partial charge in [0.15, 0.2) is 0 Å². The number of pyridine rings is 1. The van der Waals surface area contributed by atoms with Gasteiger partial charge in [-0.3, -0.25) is 4.79 Å². The molecule has 0 radical (unpaired) electrons. The average Bonchev–Trinajstić information content (AvgIpc) is 2.82. The van der Waals surface area contributed by atoms with Crippen molar-refractivity contribution in [2.45, 2.75) is 44.2 Å². The monoisotopic (exact) mass is 462 g/mol. The van der Waals surface area contributed by atoms with E-state index >= 15 is 0 Å². The van der Waals surface area contributed by atoms with Crippen LogP contribution in [-0.2, 0) is 17.6 Å². The van der Waals surface area contributed by atoms with E-state index in [0.29, 0.717) is 18.8 Å². The summed E-state index contributed by atoms with van der Waals surface area (Å²) in [6.07, 6.45) is 2.17. The first-order valence-corrected chi connectivity index (χ1v) is 11.3. The molecule has 6 N–H and O–H groups in total. The van der Waals surface area contributed by atoms with E-state index in [0.717, 1.165) is 34.4 Å². The molecule has 0 aliphatic carbocycles. The Bertz CT molecular complexity index is 1080. The first-order valence-electron chi connectivity index (χ1n) is 11.3. The van der Waals surface area contributed by atoms with Gasteiger partial charge in [-0.05, 0) is 61.6 Å². The third-order valence-corrected chi connectivity index (χ3v) is 5.91. The first-order chi connectivity index (χ1) is 16.2. The van der Waals surface area contributed by atoms with Gasteiger partial charge >= 0.3 is 0 Å². The Morgan fingerprint density at radius 2 is 1.79 bits per heavy atom. The predicted octanol–water partition coefficient (Wildman–Crippen LogP) is 3.13. The Kier molecular flexibility index (Phi) is 8.26. The second-order valence-electron chi connectivity index (χ2n) is 9.23. The molecule has 0 aliphatic rings. The van der Waals surface area contributed by atoms with Crippen LogP contribution in [0.3, 0.4) is 0 Å². The summed E-state index contributed by atoms with van der Waals surface area (Å²) < 4.78 is 5.28. The predicted molar refractivity (Wildman–Crippen MR) is 134 cm³/mol. The van der Waals surface area contributed by atoms with Crippen LogP contribution in [0, 0.1) is 0 Å². The van der Waals surface area contributed by atoms with Gasteiger partial charge < -0.3 is 26.6 Å². The molecule has 7 heteroatoms. The van der Waals surface area contributed by atoms with E-state index in [2.05, 4.69) is 24.1 Å². The van der Waals surface area contributed by atoms with Crippen molar-refractivity contribution in [3.8, 4) is 5.75 Å². The molecule has 0 bridgehead atoms. The third kappa shape index (κ3) is 7.04. The third-order valence-electron chi connectivity index (χ3n) is 5.91. The number of hydrogen-bond acceptors (Lipinski definition) is 6. The number of nitrogen functional groups attached to an aromatic ring is 1. The normalized spacial score (nSPS) is 13.3. The number of anilines is 1. The van der Waals surface area contributed by atoms with Crippen LogP contribution in [0.25, 0.3) is 0 Å². The van der Waals surface area contributed by atoms with Gasteiger partial charge in [0, 0.05) is 23.8 Å². The average molecular weight is 463 g/mol. The Labute approximate surface area is 201 Å². The van der Waals surface area contributed by atoms with E-state index in [1.165, 1.54) is 0 Å². The molecule has 0 aliphatic heterocycles. The van der Waals surface area contributed by atoms with E-state index in [9.17, 15) is 9.90 Å². The van der Waals surface area contributed by atoms with Crippen LogP contribution in [0.1, 0.15) is 48.1 Å². The number of carbonyl (C=O) groups excluding carboxylic acids is 1. The SMILES string of the molecule is COc1cccc(CC(C(N)=O)c2ccc(CC(C)(C)NC[C@H](O)c3ccc(N)nc3)cc2)c1. The van der Waals surface area contributed by atoms with Crippen molar-refractivity contribution in [2.75, 3.05) is 19.4 Å². The number of benzene rings is 2. The number of nitrogens with one attached hydrogen (secondary N) is 1. The molecule has 3 aromatic rings. The van der Waals surface area contributed by atoms with Gasteiger partial charge in [0.2, 0.25) is 5.91 Å². The summed E-state index contributed by atoms with van der Waals surface area (Å²) in [5, 5.41) is 13.9. The Hall–Kier alpha value is -3.42. The van der Waals surface area contributed by atoms with Gasteiger partial charge in [-0.2, -0.15) is 0 Å². The zero-order valence-corrected chi connectivity index (χ0v) is 20.0. The molecule has 2 aromatic carbocycles. The standard InChI is InChI=1S/C27H34N4O3/c1-27(2,31-17-24(32)21-11-12-25(28)30-16-21)15-18-7-9-20(10-8-18)23(26(29)33)14-19-5-4-6-22(13-19)34-3/h4-13,16,23-24,31-32H,14-15,17H2,1-3H3,(H2,28,30)(H2,29,33)/t23?,24-/m0/s1. The maximum Gasteiger partial charge on any atom is 0.225 e. The van der Waals surface area contributed by atoms with Crippen molar-refractivity contribution < 1.29 is 14.6 Å². The maximum absolute atomic E-state index is 12.2. The summed E-state index contributed by atoms with van der Waals surface area (Å²) in [4.78, 5) is 16.2. The zero-order chi connectivity index (χ0) is 24.7. The number of hydrogen-bond donors (Lipinski definition) is 4. The smallest absolute Gasteiger partial charge is 0.225 e. The molecule has 0 spiro atoms. The van der Waals surface area contributed by atoms with E-state index in [4.69, 9.17) is 16.2 Å². The summed E-state index contributed by atoms with van der Waals surface area (Å²) >= 11 is 0. The van der Waals surface area contributed by atoms with Gasteiger partial charge in [-0.15, -0.1) is 0 Å². The van der Waals surface area contributed by atoms with E-state index in [1.54, 1.807) is 25.4 Å². The molecule has 2 atom stereocenters. The van der Waals surface area contributed by atoms with Crippen LogP contribution in [0.2, 0.25) is 0 Å². The first kappa shape index (κ1) is 25.2. The number of methoxy groups -OCH3 is 1. The molecular weight excluding hydrogens is 428 g/mol. The van der Waals surface area contributed by atoms with Crippen molar-refractivity contribution >= 4 is 11.7 Å². The Morgan fingerprint density at radius 3 is 2.41 bits per heavy atom. The molecule has 7 nitrogen and oxygen atoms in total. The van der Waals surface area contributed by atoms with Gasteiger partial charge in [-0.1, -0.05) is 42.5 Å².